The average Bonchev–Trinajstić information content (AvgIpc) is 1.69. The Bertz CT molecular complexity index is 106. The van der Waals surface area contributed by atoms with Crippen LogP contribution in [0.15, 0.2) is 17.3 Å². The van der Waals surface area contributed by atoms with Crippen LogP contribution in [-0.2, 0) is 0 Å². The summed E-state index contributed by atoms with van der Waals surface area (Å²) in [5, 5.41) is 3.63. The highest BCUT2D eigenvalue weighted by molar-refractivity contribution is 5.72. The first kappa shape index (κ1) is 4.33. The second-order valence-electron chi connectivity index (χ2n) is 1.20. The lowest BCUT2D eigenvalue weighted by atomic mass is 10.4. The SMILES string of the molecule is N[C]1C=CC=NN1. The van der Waals surface area contributed by atoms with Crippen molar-refractivity contribution in [3.63, 3.8) is 0 Å². The van der Waals surface area contributed by atoms with Gasteiger partial charge in [0.05, 0.1) is 0 Å². The number of nitrogens with two attached hydrogens (primary N) is 1. The Kier molecular flexibility index (Phi) is 1.08. The van der Waals surface area contributed by atoms with Gasteiger partial charge in [-0.2, -0.15) is 5.10 Å². The monoisotopic (exact) mass is 96.1 g/mol. The zero-order valence-electron chi connectivity index (χ0n) is 3.76. The van der Waals surface area contributed by atoms with Crippen LogP contribution in [0.5, 0.6) is 0 Å². The van der Waals surface area contributed by atoms with Crippen molar-refractivity contribution in [1.29, 1.82) is 0 Å². The van der Waals surface area contributed by atoms with Crippen molar-refractivity contribution in [1.82, 2.24) is 5.43 Å². The predicted octanol–water partition coefficient (Wildman–Crippen LogP) is -0.420. The van der Waals surface area contributed by atoms with Gasteiger partial charge in [-0.3, -0.25) is 5.43 Å². The van der Waals surface area contributed by atoms with E-state index in [-0.39, 0.29) is 0 Å². The Morgan fingerprint density at radius 2 is 2.57 bits per heavy atom. The van der Waals surface area contributed by atoms with E-state index in [1.807, 2.05) is 0 Å². The Morgan fingerprint density at radius 1 is 1.71 bits per heavy atom. The number of hydrogen-bond acceptors (Lipinski definition) is 3. The van der Waals surface area contributed by atoms with Crippen LogP contribution in [0.2, 0.25) is 0 Å². The Morgan fingerprint density at radius 3 is 2.86 bits per heavy atom. The van der Waals surface area contributed by atoms with Crippen molar-refractivity contribution < 1.29 is 0 Å². The molecule has 1 radical (unpaired) electrons. The van der Waals surface area contributed by atoms with Crippen molar-refractivity contribution in [2.75, 3.05) is 0 Å². The molecule has 0 amide bonds. The van der Waals surface area contributed by atoms with Gasteiger partial charge < -0.3 is 5.73 Å². The van der Waals surface area contributed by atoms with Crippen LogP contribution in [0, 0.1) is 6.17 Å². The summed E-state index contributed by atoms with van der Waals surface area (Å²) in [6, 6.07) is 0. The first-order valence-corrected chi connectivity index (χ1v) is 1.98. The lowest BCUT2D eigenvalue weighted by molar-refractivity contribution is 0.780. The van der Waals surface area contributed by atoms with Crippen LogP contribution in [0.3, 0.4) is 0 Å². The number of hydrogen-bond donors (Lipinski definition) is 2. The van der Waals surface area contributed by atoms with Gasteiger partial charge in [-0.05, 0) is 12.2 Å². The van der Waals surface area contributed by atoms with E-state index in [1.54, 1.807) is 18.4 Å². The number of nitrogens with zero attached hydrogens (tertiary/aromatic N) is 1. The molecule has 0 atom stereocenters. The van der Waals surface area contributed by atoms with Gasteiger partial charge in [0.1, 0.15) is 0 Å². The van der Waals surface area contributed by atoms with Crippen molar-refractivity contribution in [2.45, 2.75) is 0 Å². The van der Waals surface area contributed by atoms with Gasteiger partial charge >= 0.3 is 0 Å². The number of rotatable bonds is 0. The molecule has 0 aromatic carbocycles. The summed E-state index contributed by atoms with van der Waals surface area (Å²) in [7, 11) is 0. The molecule has 0 fully saturated rings. The molecule has 0 unspecified atom stereocenters. The van der Waals surface area contributed by atoms with Crippen LogP contribution < -0.4 is 11.2 Å². The molecule has 1 rings (SSSR count). The number of nitrogens with one attached hydrogen (secondary N) is 1. The van der Waals surface area contributed by atoms with Crippen molar-refractivity contribution >= 4 is 6.21 Å². The maximum Gasteiger partial charge on any atom is 0.163 e. The fourth-order valence-corrected chi connectivity index (χ4v) is 0.339. The van der Waals surface area contributed by atoms with Crippen LogP contribution in [0.1, 0.15) is 0 Å². The minimum absolute atomic E-state index is 0.586. The van der Waals surface area contributed by atoms with E-state index < -0.39 is 0 Å². The first-order valence-electron chi connectivity index (χ1n) is 1.98. The Labute approximate surface area is 41.9 Å². The van der Waals surface area contributed by atoms with E-state index in [9.17, 15) is 0 Å². The molecule has 0 aromatic heterocycles. The zero-order chi connectivity index (χ0) is 5.11. The Hall–Kier alpha value is -0.830. The normalized spacial score (nSPS) is 19.6. The summed E-state index contributed by atoms with van der Waals surface area (Å²) in [5.74, 6) is 0. The van der Waals surface area contributed by atoms with E-state index in [1.165, 1.54) is 0 Å². The van der Waals surface area contributed by atoms with Crippen LogP contribution >= 0.6 is 0 Å². The van der Waals surface area contributed by atoms with E-state index >= 15 is 0 Å². The lowest BCUT2D eigenvalue weighted by Gasteiger charge is -2.04. The van der Waals surface area contributed by atoms with Crippen LogP contribution in [0.4, 0.5) is 0 Å². The van der Waals surface area contributed by atoms with E-state index in [4.69, 9.17) is 5.73 Å². The predicted molar refractivity (Wildman–Crippen MR) is 28.2 cm³/mol. The quantitative estimate of drug-likeness (QED) is 0.430. The van der Waals surface area contributed by atoms with Gasteiger partial charge in [-0.1, -0.05) is 0 Å². The topological polar surface area (TPSA) is 50.4 Å². The van der Waals surface area contributed by atoms with Crippen LogP contribution in [-0.4, -0.2) is 6.21 Å². The second kappa shape index (κ2) is 1.75. The molecule has 0 aromatic rings. The molecular formula is C4H6N3. The van der Waals surface area contributed by atoms with Crippen LogP contribution in [0.25, 0.3) is 0 Å². The molecule has 3 nitrogen and oxygen atoms in total. The highest BCUT2D eigenvalue weighted by Gasteiger charge is 1.93. The third kappa shape index (κ3) is 1.01. The maximum atomic E-state index is 5.24. The average molecular weight is 96.1 g/mol. The summed E-state index contributed by atoms with van der Waals surface area (Å²) in [6.45, 7) is 0. The first-order chi connectivity index (χ1) is 3.39. The molecule has 1 aliphatic rings. The van der Waals surface area contributed by atoms with Gasteiger partial charge in [0.2, 0.25) is 0 Å². The summed E-state index contributed by atoms with van der Waals surface area (Å²) >= 11 is 0. The molecule has 0 spiro atoms. The maximum absolute atomic E-state index is 5.24. The smallest absolute Gasteiger partial charge is 0.163 e. The van der Waals surface area contributed by atoms with Gasteiger partial charge in [0.25, 0.3) is 0 Å². The summed E-state index contributed by atoms with van der Waals surface area (Å²) in [6.07, 6.45) is 5.73. The molecule has 0 saturated heterocycles. The largest absolute Gasteiger partial charge is 0.301 e. The fraction of sp³-hybridized carbons (Fsp3) is 0. The summed E-state index contributed by atoms with van der Waals surface area (Å²) in [4.78, 5) is 0. The third-order valence-electron chi connectivity index (χ3n) is 0.630. The molecule has 3 N–H and O–H groups in total. The fourth-order valence-electron chi connectivity index (χ4n) is 0.339. The molecule has 1 heterocycles. The number of allylic oxidation sites excluding steroid dienone is 1. The minimum Gasteiger partial charge on any atom is -0.301 e. The Balaban J connectivity index is 2.49. The molecule has 0 bridgehead atoms. The standard InChI is InChI=1S/C4H6N3/c5-4-2-1-3-6-7-4/h1-3,7H,5H2. The highest BCUT2D eigenvalue weighted by atomic mass is 15.3. The molecule has 1 aliphatic heterocycles. The van der Waals surface area contributed by atoms with E-state index in [0.717, 1.165) is 0 Å². The summed E-state index contributed by atoms with van der Waals surface area (Å²) < 4.78 is 0. The van der Waals surface area contributed by atoms with Gasteiger partial charge in [-0.15, -0.1) is 0 Å². The molecule has 37 valence electrons. The molecule has 0 aliphatic carbocycles. The molecular weight excluding hydrogens is 90.1 g/mol. The zero-order valence-corrected chi connectivity index (χ0v) is 3.76. The second-order valence-corrected chi connectivity index (χ2v) is 1.20. The van der Waals surface area contributed by atoms with E-state index in [2.05, 4.69) is 10.5 Å². The lowest BCUT2D eigenvalue weighted by Crippen LogP contribution is -2.23. The minimum atomic E-state index is 0.586. The molecule has 3 heteroatoms. The van der Waals surface area contributed by atoms with E-state index in [0.29, 0.717) is 6.17 Å². The van der Waals surface area contributed by atoms with Crippen molar-refractivity contribution in [3.8, 4) is 0 Å². The molecule has 0 saturated carbocycles. The third-order valence-corrected chi connectivity index (χ3v) is 0.630. The van der Waals surface area contributed by atoms with Crippen molar-refractivity contribution in [2.24, 2.45) is 10.8 Å². The highest BCUT2D eigenvalue weighted by Crippen LogP contribution is 1.87. The summed E-state index contributed by atoms with van der Waals surface area (Å²) in [5.41, 5.74) is 7.80. The molecule has 7 heavy (non-hydrogen) atoms. The van der Waals surface area contributed by atoms with Gasteiger partial charge in [-0.25, -0.2) is 0 Å². The van der Waals surface area contributed by atoms with Gasteiger partial charge in [0, 0.05) is 6.21 Å². The van der Waals surface area contributed by atoms with Gasteiger partial charge in [0.15, 0.2) is 6.17 Å². The number of hydrazone groups is 1. The van der Waals surface area contributed by atoms with Crippen molar-refractivity contribution in [3.05, 3.63) is 18.3 Å².